The van der Waals surface area contributed by atoms with E-state index in [1.54, 1.807) is 25.1 Å². The lowest BCUT2D eigenvalue weighted by atomic mass is 10.1. The summed E-state index contributed by atoms with van der Waals surface area (Å²) < 4.78 is 28.3. The Morgan fingerprint density at radius 1 is 1.10 bits per heavy atom. The molecule has 11 heteroatoms. The highest BCUT2D eigenvalue weighted by atomic mass is 35.5. The minimum atomic E-state index is -4.21. The SMILES string of the molecule is C/C(=N\Nc1ccc([N+](=O)[O-])cc1S(=O)(=O)Nc1ccc(Cl)cc1)c1ccccc1O. The molecule has 0 aromatic heterocycles. The van der Waals surface area contributed by atoms with Gasteiger partial charge in [-0.3, -0.25) is 20.3 Å². The summed E-state index contributed by atoms with van der Waals surface area (Å²) >= 11 is 5.82. The van der Waals surface area contributed by atoms with Crippen molar-refractivity contribution in [2.45, 2.75) is 11.8 Å². The van der Waals surface area contributed by atoms with Gasteiger partial charge in [0.1, 0.15) is 10.6 Å². The van der Waals surface area contributed by atoms with Gasteiger partial charge in [0.2, 0.25) is 0 Å². The average Bonchev–Trinajstić information content (AvgIpc) is 2.73. The van der Waals surface area contributed by atoms with Gasteiger partial charge in [-0.2, -0.15) is 5.10 Å². The number of non-ortho nitro benzene ring substituents is 1. The first-order chi connectivity index (χ1) is 14.7. The fraction of sp³-hybridized carbons (Fsp3) is 0.0500. The van der Waals surface area contributed by atoms with E-state index in [4.69, 9.17) is 11.6 Å². The Labute approximate surface area is 183 Å². The van der Waals surface area contributed by atoms with E-state index in [1.165, 1.54) is 36.4 Å². The highest BCUT2D eigenvalue weighted by molar-refractivity contribution is 7.92. The number of nitrogens with one attached hydrogen (secondary N) is 2. The van der Waals surface area contributed by atoms with Crippen LogP contribution in [0.2, 0.25) is 5.02 Å². The van der Waals surface area contributed by atoms with Gasteiger partial charge < -0.3 is 5.11 Å². The zero-order chi connectivity index (χ0) is 22.6. The standard InChI is InChI=1S/C20H17ClN4O5S/c1-13(17-4-2-3-5-19(17)26)22-23-18-11-10-16(25(27)28)12-20(18)31(29,30)24-15-8-6-14(21)7-9-15/h2-12,23-24,26H,1H3/b22-13+. The van der Waals surface area contributed by atoms with E-state index >= 15 is 0 Å². The third-order valence-corrected chi connectivity index (χ3v) is 5.87. The van der Waals surface area contributed by atoms with Gasteiger partial charge in [0, 0.05) is 28.4 Å². The minimum Gasteiger partial charge on any atom is -0.507 e. The third-order valence-electron chi connectivity index (χ3n) is 4.20. The van der Waals surface area contributed by atoms with Crippen molar-refractivity contribution in [3.05, 3.63) is 87.4 Å². The molecule has 0 aliphatic heterocycles. The van der Waals surface area contributed by atoms with Crippen molar-refractivity contribution in [1.82, 2.24) is 0 Å². The van der Waals surface area contributed by atoms with Gasteiger partial charge in [-0.15, -0.1) is 0 Å². The molecular weight excluding hydrogens is 444 g/mol. The zero-order valence-electron chi connectivity index (χ0n) is 16.1. The Balaban J connectivity index is 1.99. The van der Waals surface area contributed by atoms with Gasteiger partial charge in [-0.25, -0.2) is 8.42 Å². The summed E-state index contributed by atoms with van der Waals surface area (Å²) in [5.41, 5.74) is 3.29. The largest absolute Gasteiger partial charge is 0.507 e. The van der Waals surface area contributed by atoms with Crippen LogP contribution < -0.4 is 10.1 Å². The molecule has 0 bridgehead atoms. The van der Waals surface area contributed by atoms with Gasteiger partial charge >= 0.3 is 0 Å². The molecule has 3 aromatic rings. The monoisotopic (exact) mass is 460 g/mol. The maximum absolute atomic E-state index is 13.0. The molecular formula is C20H17ClN4O5S. The second-order valence-corrected chi connectivity index (χ2v) is 8.46. The number of hydrogen-bond donors (Lipinski definition) is 3. The molecule has 0 fully saturated rings. The molecule has 3 rings (SSSR count). The number of hydrogen-bond acceptors (Lipinski definition) is 7. The van der Waals surface area contributed by atoms with E-state index in [9.17, 15) is 23.6 Å². The second kappa shape index (κ2) is 9.02. The summed E-state index contributed by atoms with van der Waals surface area (Å²) in [7, 11) is -4.21. The maximum atomic E-state index is 13.0. The van der Waals surface area contributed by atoms with Crippen molar-refractivity contribution in [3.8, 4) is 5.75 Å². The van der Waals surface area contributed by atoms with Gasteiger partial charge in [-0.1, -0.05) is 23.7 Å². The number of rotatable bonds is 7. The number of phenols is 1. The summed E-state index contributed by atoms with van der Waals surface area (Å²) in [5.74, 6) is 0.00602. The summed E-state index contributed by atoms with van der Waals surface area (Å²) in [6.07, 6.45) is 0. The lowest BCUT2D eigenvalue weighted by Gasteiger charge is -2.13. The Morgan fingerprint density at radius 2 is 1.77 bits per heavy atom. The molecule has 0 aliphatic rings. The summed E-state index contributed by atoms with van der Waals surface area (Å²) in [4.78, 5) is 10.1. The van der Waals surface area contributed by atoms with Crippen LogP contribution in [-0.4, -0.2) is 24.2 Å². The number of sulfonamides is 1. The van der Waals surface area contributed by atoms with E-state index in [0.717, 1.165) is 12.1 Å². The summed E-state index contributed by atoms with van der Waals surface area (Å²) in [6, 6.07) is 15.8. The van der Waals surface area contributed by atoms with Crippen molar-refractivity contribution in [2.75, 3.05) is 10.1 Å². The molecule has 0 atom stereocenters. The predicted octanol–water partition coefficient (Wildman–Crippen LogP) is 4.59. The lowest BCUT2D eigenvalue weighted by Crippen LogP contribution is -2.15. The fourth-order valence-corrected chi connectivity index (χ4v) is 4.01. The lowest BCUT2D eigenvalue weighted by molar-refractivity contribution is -0.385. The first kappa shape index (κ1) is 22.1. The van der Waals surface area contributed by atoms with Gasteiger partial charge in [0.15, 0.2) is 0 Å². The molecule has 0 amide bonds. The molecule has 31 heavy (non-hydrogen) atoms. The van der Waals surface area contributed by atoms with Crippen molar-refractivity contribution in [3.63, 3.8) is 0 Å². The number of nitro groups is 1. The quantitative estimate of drug-likeness (QED) is 0.268. The van der Waals surface area contributed by atoms with Crippen LogP contribution in [0.5, 0.6) is 5.75 Å². The molecule has 160 valence electrons. The Morgan fingerprint density at radius 3 is 2.42 bits per heavy atom. The molecule has 0 saturated carbocycles. The second-order valence-electron chi connectivity index (χ2n) is 6.38. The molecule has 0 unspecified atom stereocenters. The van der Waals surface area contributed by atoms with Crippen LogP contribution >= 0.6 is 11.6 Å². The minimum absolute atomic E-state index is 0.00602. The van der Waals surface area contributed by atoms with Crippen LogP contribution in [0.15, 0.2) is 76.7 Å². The van der Waals surface area contributed by atoms with Crippen molar-refractivity contribution in [2.24, 2.45) is 5.10 Å². The number of anilines is 2. The molecule has 0 aliphatic carbocycles. The first-order valence-electron chi connectivity index (χ1n) is 8.83. The van der Waals surface area contributed by atoms with Gasteiger partial charge in [0.25, 0.3) is 15.7 Å². The zero-order valence-corrected chi connectivity index (χ0v) is 17.7. The molecule has 0 saturated heterocycles. The predicted molar refractivity (Wildman–Crippen MR) is 119 cm³/mol. The van der Waals surface area contributed by atoms with Crippen LogP contribution in [0.1, 0.15) is 12.5 Å². The maximum Gasteiger partial charge on any atom is 0.270 e. The van der Waals surface area contributed by atoms with Crippen LogP contribution in [0, 0.1) is 10.1 Å². The van der Waals surface area contributed by atoms with E-state index in [2.05, 4.69) is 15.2 Å². The average molecular weight is 461 g/mol. The number of nitrogens with zero attached hydrogens (tertiary/aromatic N) is 2. The number of halogens is 1. The number of hydrazone groups is 1. The number of phenolic OH excluding ortho intramolecular Hbond substituents is 1. The highest BCUT2D eigenvalue weighted by Crippen LogP contribution is 2.29. The van der Waals surface area contributed by atoms with Crippen molar-refractivity contribution < 1.29 is 18.4 Å². The van der Waals surface area contributed by atoms with Crippen LogP contribution in [0.3, 0.4) is 0 Å². The summed E-state index contributed by atoms with van der Waals surface area (Å²) in [5, 5.41) is 25.7. The topological polar surface area (TPSA) is 134 Å². The smallest absolute Gasteiger partial charge is 0.270 e. The van der Waals surface area contributed by atoms with Crippen LogP contribution in [0.25, 0.3) is 0 Å². The Bertz CT molecular complexity index is 1260. The normalized spacial score (nSPS) is 11.7. The van der Waals surface area contributed by atoms with Gasteiger partial charge in [0.05, 0.1) is 16.3 Å². The van der Waals surface area contributed by atoms with Gasteiger partial charge in [-0.05, 0) is 49.4 Å². The molecule has 9 nitrogen and oxygen atoms in total. The summed E-state index contributed by atoms with van der Waals surface area (Å²) in [6.45, 7) is 1.62. The highest BCUT2D eigenvalue weighted by Gasteiger charge is 2.23. The molecule has 3 N–H and O–H groups in total. The number of nitro benzene ring substituents is 1. The number of para-hydroxylation sites is 1. The molecule has 0 heterocycles. The fourth-order valence-electron chi connectivity index (χ4n) is 2.65. The Hall–Kier alpha value is -3.63. The van der Waals surface area contributed by atoms with Crippen LogP contribution in [0.4, 0.5) is 17.1 Å². The van der Waals surface area contributed by atoms with E-state index < -0.39 is 20.6 Å². The van der Waals surface area contributed by atoms with E-state index in [-0.39, 0.29) is 22.0 Å². The number of benzene rings is 3. The molecule has 0 spiro atoms. The third kappa shape index (κ3) is 5.30. The molecule has 3 aromatic carbocycles. The van der Waals surface area contributed by atoms with E-state index in [0.29, 0.717) is 16.3 Å². The number of aromatic hydroxyl groups is 1. The van der Waals surface area contributed by atoms with Crippen LogP contribution in [-0.2, 0) is 10.0 Å². The molecule has 0 radical (unpaired) electrons. The van der Waals surface area contributed by atoms with E-state index in [1.807, 2.05) is 0 Å². The Kier molecular flexibility index (Phi) is 6.42. The van der Waals surface area contributed by atoms with Crippen molar-refractivity contribution in [1.29, 1.82) is 0 Å². The van der Waals surface area contributed by atoms with Crippen molar-refractivity contribution >= 4 is 44.4 Å². The first-order valence-corrected chi connectivity index (χ1v) is 10.7.